The van der Waals surface area contributed by atoms with Crippen LogP contribution in [0.2, 0.25) is 0 Å². The normalized spacial score (nSPS) is 10.7. The largest absolute Gasteiger partial charge is 0.497 e. The van der Waals surface area contributed by atoms with Crippen LogP contribution in [0.15, 0.2) is 53.2 Å². The van der Waals surface area contributed by atoms with Crippen molar-refractivity contribution in [3.63, 3.8) is 0 Å². The lowest BCUT2D eigenvalue weighted by Crippen LogP contribution is -2.15. The van der Waals surface area contributed by atoms with Crippen LogP contribution in [-0.4, -0.2) is 29.9 Å². The Kier molecular flexibility index (Phi) is 6.26. The van der Waals surface area contributed by atoms with Gasteiger partial charge in [-0.1, -0.05) is 26.0 Å². The molecule has 7 heteroatoms. The highest BCUT2D eigenvalue weighted by Crippen LogP contribution is 2.26. The van der Waals surface area contributed by atoms with Crippen LogP contribution < -0.4 is 14.8 Å². The van der Waals surface area contributed by atoms with Crippen LogP contribution in [0.4, 0.5) is 5.82 Å². The molecule has 0 aliphatic heterocycles. The molecule has 3 rings (SSSR count). The van der Waals surface area contributed by atoms with Crippen LogP contribution in [0.5, 0.6) is 11.5 Å². The predicted octanol–water partition coefficient (Wildman–Crippen LogP) is 3.96. The van der Waals surface area contributed by atoms with Crippen LogP contribution in [-0.2, 0) is 11.2 Å². The minimum atomic E-state index is -0.209. The van der Waals surface area contributed by atoms with Gasteiger partial charge in [0.05, 0.1) is 20.1 Å². The number of nitrogens with zero attached hydrogens (tertiary/aromatic N) is 2. The maximum atomic E-state index is 12.3. The second kappa shape index (κ2) is 9.03. The molecule has 2 aromatic carbocycles. The maximum absolute atomic E-state index is 12.3. The highest BCUT2D eigenvalue weighted by Gasteiger charge is 2.15. The summed E-state index contributed by atoms with van der Waals surface area (Å²) in [6.45, 7) is 4.84. The molecule has 0 spiro atoms. The summed E-state index contributed by atoms with van der Waals surface area (Å²) >= 11 is 0. The van der Waals surface area contributed by atoms with Gasteiger partial charge in [0.15, 0.2) is 5.69 Å². The lowest BCUT2D eigenvalue weighted by Gasteiger charge is -2.09. The summed E-state index contributed by atoms with van der Waals surface area (Å²) in [4.78, 5) is 12.3. The Morgan fingerprint density at radius 3 is 2.36 bits per heavy atom. The first-order chi connectivity index (χ1) is 13.5. The number of benzene rings is 2. The number of amides is 1. The van der Waals surface area contributed by atoms with E-state index in [1.807, 2.05) is 48.5 Å². The van der Waals surface area contributed by atoms with E-state index in [0.29, 0.717) is 18.2 Å². The zero-order chi connectivity index (χ0) is 19.9. The fourth-order valence-corrected chi connectivity index (χ4v) is 2.54. The molecule has 0 saturated heterocycles. The molecule has 0 radical (unpaired) electrons. The Morgan fingerprint density at radius 2 is 1.71 bits per heavy atom. The van der Waals surface area contributed by atoms with Gasteiger partial charge in [0, 0.05) is 5.56 Å². The first kappa shape index (κ1) is 19.4. The van der Waals surface area contributed by atoms with Gasteiger partial charge in [0.2, 0.25) is 11.7 Å². The number of carbonyl (C=O) groups excluding carboxylic acids is 1. The summed E-state index contributed by atoms with van der Waals surface area (Å²) in [7, 11) is 1.60. The van der Waals surface area contributed by atoms with Crippen molar-refractivity contribution in [2.24, 2.45) is 5.92 Å². The van der Waals surface area contributed by atoms with Crippen LogP contribution in [0.3, 0.4) is 0 Å². The molecule has 0 unspecified atom stereocenters. The fourth-order valence-electron chi connectivity index (χ4n) is 2.54. The molecule has 3 aromatic rings. The molecule has 0 aliphatic rings. The standard InChI is InChI=1S/C21H23N3O4/c1-14(2)13-27-18-10-6-16(7-11-18)20-21(24-28-23-20)22-19(25)12-15-4-8-17(26-3)9-5-15/h4-11,14H,12-13H2,1-3H3,(H,22,24,25). The predicted molar refractivity (Wildman–Crippen MR) is 105 cm³/mol. The number of nitrogens with one attached hydrogen (secondary N) is 1. The monoisotopic (exact) mass is 381 g/mol. The Balaban J connectivity index is 1.65. The minimum absolute atomic E-state index is 0.207. The van der Waals surface area contributed by atoms with Gasteiger partial charge in [-0.3, -0.25) is 4.79 Å². The molecule has 28 heavy (non-hydrogen) atoms. The number of rotatable bonds is 8. The molecule has 146 valence electrons. The van der Waals surface area contributed by atoms with Gasteiger partial charge in [0.1, 0.15) is 11.5 Å². The minimum Gasteiger partial charge on any atom is -0.497 e. The van der Waals surface area contributed by atoms with Crippen molar-refractivity contribution in [3.8, 4) is 22.8 Å². The molecule has 0 aliphatic carbocycles. The number of hydrogen-bond acceptors (Lipinski definition) is 6. The van der Waals surface area contributed by atoms with Crippen LogP contribution in [0.1, 0.15) is 19.4 Å². The van der Waals surface area contributed by atoms with Crippen molar-refractivity contribution in [2.45, 2.75) is 20.3 Å². The van der Waals surface area contributed by atoms with Gasteiger partial charge in [0.25, 0.3) is 0 Å². The van der Waals surface area contributed by atoms with E-state index in [-0.39, 0.29) is 18.1 Å². The Morgan fingerprint density at radius 1 is 1.04 bits per heavy atom. The average Bonchev–Trinajstić information content (AvgIpc) is 3.15. The van der Waals surface area contributed by atoms with Gasteiger partial charge in [-0.15, -0.1) is 0 Å². The van der Waals surface area contributed by atoms with Crippen LogP contribution in [0.25, 0.3) is 11.3 Å². The van der Waals surface area contributed by atoms with Crippen molar-refractivity contribution in [1.82, 2.24) is 10.3 Å². The van der Waals surface area contributed by atoms with E-state index in [4.69, 9.17) is 14.1 Å². The molecule has 0 atom stereocenters. The Bertz CT molecular complexity index is 902. The molecular formula is C21H23N3O4. The van der Waals surface area contributed by atoms with Crippen molar-refractivity contribution < 1.29 is 18.9 Å². The van der Waals surface area contributed by atoms with Gasteiger partial charge in [-0.2, -0.15) is 0 Å². The number of carbonyl (C=O) groups is 1. The molecule has 1 heterocycles. The quantitative estimate of drug-likeness (QED) is 0.635. The van der Waals surface area contributed by atoms with E-state index in [0.717, 1.165) is 22.6 Å². The van der Waals surface area contributed by atoms with Gasteiger partial charge < -0.3 is 14.8 Å². The van der Waals surface area contributed by atoms with E-state index in [1.165, 1.54) is 0 Å². The van der Waals surface area contributed by atoms with Crippen LogP contribution >= 0.6 is 0 Å². The van der Waals surface area contributed by atoms with E-state index in [1.54, 1.807) is 7.11 Å². The second-order valence-corrected chi connectivity index (χ2v) is 6.76. The van der Waals surface area contributed by atoms with Crippen molar-refractivity contribution in [2.75, 3.05) is 19.0 Å². The summed E-state index contributed by atoms with van der Waals surface area (Å²) in [6.07, 6.45) is 0.207. The van der Waals surface area contributed by atoms with E-state index >= 15 is 0 Å². The number of methoxy groups -OCH3 is 1. The van der Waals surface area contributed by atoms with E-state index in [2.05, 4.69) is 29.5 Å². The molecule has 0 fully saturated rings. The van der Waals surface area contributed by atoms with Crippen LogP contribution in [0, 0.1) is 5.92 Å². The van der Waals surface area contributed by atoms with Gasteiger partial charge in [-0.05, 0) is 58.2 Å². The summed E-state index contributed by atoms with van der Waals surface area (Å²) in [5, 5.41) is 10.5. The summed E-state index contributed by atoms with van der Waals surface area (Å²) in [5.41, 5.74) is 2.11. The lowest BCUT2D eigenvalue weighted by molar-refractivity contribution is -0.115. The zero-order valence-corrected chi connectivity index (χ0v) is 16.1. The summed E-state index contributed by atoms with van der Waals surface area (Å²) in [6, 6.07) is 14.7. The van der Waals surface area contributed by atoms with Crippen molar-refractivity contribution >= 4 is 11.7 Å². The maximum Gasteiger partial charge on any atom is 0.230 e. The van der Waals surface area contributed by atoms with E-state index < -0.39 is 0 Å². The zero-order valence-electron chi connectivity index (χ0n) is 16.1. The first-order valence-corrected chi connectivity index (χ1v) is 9.03. The molecule has 1 amide bonds. The summed E-state index contributed by atoms with van der Waals surface area (Å²) in [5.74, 6) is 2.05. The molecule has 0 saturated carbocycles. The summed E-state index contributed by atoms with van der Waals surface area (Å²) < 4.78 is 15.6. The third-order valence-electron chi connectivity index (χ3n) is 3.98. The lowest BCUT2D eigenvalue weighted by atomic mass is 10.1. The average molecular weight is 381 g/mol. The SMILES string of the molecule is COc1ccc(CC(=O)Nc2nonc2-c2ccc(OCC(C)C)cc2)cc1. The van der Waals surface area contributed by atoms with Gasteiger partial charge in [-0.25, -0.2) is 4.63 Å². The second-order valence-electron chi connectivity index (χ2n) is 6.76. The van der Waals surface area contributed by atoms with Gasteiger partial charge >= 0.3 is 0 Å². The molecular weight excluding hydrogens is 358 g/mol. The molecule has 1 N–H and O–H groups in total. The van der Waals surface area contributed by atoms with Crippen molar-refractivity contribution in [1.29, 1.82) is 0 Å². The first-order valence-electron chi connectivity index (χ1n) is 9.03. The van der Waals surface area contributed by atoms with E-state index in [9.17, 15) is 4.79 Å². The third-order valence-corrected chi connectivity index (χ3v) is 3.98. The fraction of sp³-hybridized carbons (Fsp3) is 0.286. The Labute approximate surface area is 163 Å². The molecule has 0 bridgehead atoms. The highest BCUT2D eigenvalue weighted by atomic mass is 16.6. The number of aromatic nitrogens is 2. The number of anilines is 1. The highest BCUT2D eigenvalue weighted by molar-refractivity contribution is 5.94. The number of hydrogen-bond donors (Lipinski definition) is 1. The molecule has 7 nitrogen and oxygen atoms in total. The smallest absolute Gasteiger partial charge is 0.230 e. The Hall–Kier alpha value is -3.35. The topological polar surface area (TPSA) is 86.5 Å². The molecule has 1 aromatic heterocycles. The van der Waals surface area contributed by atoms with Crippen molar-refractivity contribution in [3.05, 3.63) is 54.1 Å². The number of ether oxygens (including phenoxy) is 2. The third kappa shape index (κ3) is 5.09.